The first-order chi connectivity index (χ1) is 18.2. The summed E-state index contributed by atoms with van der Waals surface area (Å²) in [5, 5.41) is 4.70. The van der Waals surface area contributed by atoms with Crippen molar-refractivity contribution in [3.05, 3.63) is 119 Å². The largest absolute Gasteiger partial charge is 0.249 e. The molecule has 0 N–H and O–H groups in total. The van der Waals surface area contributed by atoms with Crippen molar-refractivity contribution < 1.29 is 0 Å². The lowest BCUT2D eigenvalue weighted by atomic mass is 10.0. The standard InChI is InChI=1S/C36H44N2/c1-25(2)29-9-17-33(18-10-29)37(34-19-11-30(12-20-34)26(3)4)38(35-21-13-31(14-22-35)27(5)6)36-23-15-32(16-24-36)28(7)8/h9-28H,1-8H3. The van der Waals surface area contributed by atoms with Gasteiger partial charge in [0.1, 0.15) is 0 Å². The Morgan fingerprint density at radius 3 is 0.579 bits per heavy atom. The first kappa shape index (κ1) is 27.5. The van der Waals surface area contributed by atoms with Crippen LogP contribution in [0.4, 0.5) is 22.7 Å². The maximum atomic E-state index is 2.35. The van der Waals surface area contributed by atoms with Crippen molar-refractivity contribution >= 4 is 22.7 Å². The summed E-state index contributed by atoms with van der Waals surface area (Å²) in [5.41, 5.74) is 9.91. The second-order valence-electron chi connectivity index (χ2n) is 11.6. The SMILES string of the molecule is CC(C)c1ccc(N(c2ccc(C(C)C)cc2)N(c2ccc(C(C)C)cc2)c2ccc(C(C)C)cc2)cc1. The molecule has 0 saturated carbocycles. The van der Waals surface area contributed by atoms with Crippen LogP contribution in [0.2, 0.25) is 0 Å². The van der Waals surface area contributed by atoms with E-state index in [2.05, 4.69) is 162 Å². The highest BCUT2D eigenvalue weighted by Crippen LogP contribution is 2.38. The van der Waals surface area contributed by atoms with Gasteiger partial charge < -0.3 is 0 Å². The van der Waals surface area contributed by atoms with E-state index in [1.165, 1.54) is 22.3 Å². The molecule has 0 saturated heterocycles. The van der Waals surface area contributed by atoms with Gasteiger partial charge in [0.25, 0.3) is 0 Å². The van der Waals surface area contributed by atoms with Gasteiger partial charge in [0.2, 0.25) is 0 Å². The van der Waals surface area contributed by atoms with Gasteiger partial charge in [0, 0.05) is 0 Å². The Kier molecular flexibility index (Phi) is 8.62. The molecule has 0 aromatic heterocycles. The number of anilines is 4. The van der Waals surface area contributed by atoms with Crippen molar-refractivity contribution in [2.45, 2.75) is 79.1 Å². The van der Waals surface area contributed by atoms with Crippen molar-refractivity contribution in [1.82, 2.24) is 0 Å². The normalized spacial score (nSPS) is 11.6. The molecule has 4 aromatic carbocycles. The molecule has 0 bridgehead atoms. The van der Waals surface area contributed by atoms with Crippen LogP contribution in [0, 0.1) is 0 Å². The lowest BCUT2D eigenvalue weighted by Crippen LogP contribution is -2.35. The second kappa shape index (κ2) is 11.9. The van der Waals surface area contributed by atoms with Crippen LogP contribution in [0.1, 0.15) is 101 Å². The maximum Gasteiger partial charge on any atom is 0.0637 e. The third-order valence-corrected chi connectivity index (χ3v) is 7.42. The molecule has 0 amide bonds. The van der Waals surface area contributed by atoms with E-state index >= 15 is 0 Å². The van der Waals surface area contributed by atoms with Crippen LogP contribution in [-0.2, 0) is 0 Å². The van der Waals surface area contributed by atoms with Crippen LogP contribution in [0.3, 0.4) is 0 Å². The number of hydrogen-bond acceptors (Lipinski definition) is 2. The fraction of sp³-hybridized carbons (Fsp3) is 0.333. The van der Waals surface area contributed by atoms with E-state index in [4.69, 9.17) is 0 Å². The van der Waals surface area contributed by atoms with Crippen molar-refractivity contribution in [3.63, 3.8) is 0 Å². The second-order valence-corrected chi connectivity index (χ2v) is 11.6. The van der Waals surface area contributed by atoms with E-state index < -0.39 is 0 Å². The minimum absolute atomic E-state index is 0.492. The Hall–Kier alpha value is -3.52. The molecule has 0 heterocycles. The van der Waals surface area contributed by atoms with Gasteiger partial charge in [-0.3, -0.25) is 0 Å². The first-order valence-corrected chi connectivity index (χ1v) is 14.2. The van der Waals surface area contributed by atoms with Gasteiger partial charge in [0.05, 0.1) is 22.7 Å². The quantitative estimate of drug-likeness (QED) is 0.209. The smallest absolute Gasteiger partial charge is 0.0637 e. The lowest BCUT2D eigenvalue weighted by Gasteiger charge is -2.39. The molecule has 4 rings (SSSR count). The number of hydrazine groups is 1. The minimum Gasteiger partial charge on any atom is -0.249 e. The first-order valence-electron chi connectivity index (χ1n) is 14.2. The third-order valence-electron chi connectivity index (χ3n) is 7.42. The monoisotopic (exact) mass is 504 g/mol. The number of rotatable bonds is 9. The average Bonchev–Trinajstić information content (AvgIpc) is 2.92. The Balaban J connectivity index is 1.91. The minimum atomic E-state index is 0.492. The van der Waals surface area contributed by atoms with E-state index in [0.717, 1.165) is 22.7 Å². The molecule has 198 valence electrons. The van der Waals surface area contributed by atoms with Gasteiger partial charge in [-0.1, -0.05) is 104 Å². The van der Waals surface area contributed by atoms with Crippen LogP contribution in [-0.4, -0.2) is 0 Å². The molecule has 2 nitrogen and oxygen atoms in total. The molecule has 0 spiro atoms. The molecule has 4 aromatic rings. The summed E-state index contributed by atoms with van der Waals surface area (Å²) < 4.78 is 0. The Morgan fingerprint density at radius 1 is 0.289 bits per heavy atom. The van der Waals surface area contributed by atoms with E-state index in [0.29, 0.717) is 23.7 Å². The van der Waals surface area contributed by atoms with Crippen LogP contribution in [0.5, 0.6) is 0 Å². The van der Waals surface area contributed by atoms with Crippen molar-refractivity contribution in [1.29, 1.82) is 0 Å². The number of nitrogens with zero attached hydrogens (tertiary/aromatic N) is 2. The summed E-state index contributed by atoms with van der Waals surface area (Å²) in [7, 11) is 0. The van der Waals surface area contributed by atoms with Gasteiger partial charge in [-0.25, -0.2) is 10.0 Å². The number of hydrogen-bond donors (Lipinski definition) is 0. The molecule has 0 aliphatic carbocycles. The summed E-state index contributed by atoms with van der Waals surface area (Å²) in [6.45, 7) is 18.0. The Bertz CT molecular complexity index is 1070. The molecule has 38 heavy (non-hydrogen) atoms. The van der Waals surface area contributed by atoms with Crippen LogP contribution < -0.4 is 10.0 Å². The molecular formula is C36H44N2. The average molecular weight is 505 g/mol. The van der Waals surface area contributed by atoms with E-state index in [9.17, 15) is 0 Å². The maximum absolute atomic E-state index is 2.35. The lowest BCUT2D eigenvalue weighted by molar-refractivity contribution is 0.860. The highest BCUT2D eigenvalue weighted by atomic mass is 15.6. The molecule has 0 fully saturated rings. The van der Waals surface area contributed by atoms with Crippen molar-refractivity contribution in [3.8, 4) is 0 Å². The van der Waals surface area contributed by atoms with Crippen molar-refractivity contribution in [2.75, 3.05) is 10.0 Å². The van der Waals surface area contributed by atoms with Gasteiger partial charge >= 0.3 is 0 Å². The van der Waals surface area contributed by atoms with Gasteiger partial charge in [-0.15, -0.1) is 0 Å². The molecule has 0 aliphatic heterocycles. The Morgan fingerprint density at radius 2 is 0.447 bits per heavy atom. The Labute approximate surface area is 230 Å². The van der Waals surface area contributed by atoms with Crippen LogP contribution in [0.25, 0.3) is 0 Å². The highest BCUT2D eigenvalue weighted by Gasteiger charge is 2.22. The fourth-order valence-corrected chi connectivity index (χ4v) is 4.76. The topological polar surface area (TPSA) is 6.48 Å². The summed E-state index contributed by atoms with van der Waals surface area (Å²) in [4.78, 5) is 0. The predicted molar refractivity (Wildman–Crippen MR) is 166 cm³/mol. The van der Waals surface area contributed by atoms with Gasteiger partial charge in [0.15, 0.2) is 0 Å². The molecular weight excluding hydrogens is 460 g/mol. The summed E-state index contributed by atoms with van der Waals surface area (Å²) in [6.07, 6.45) is 0. The predicted octanol–water partition coefficient (Wildman–Crippen LogP) is 11.1. The zero-order valence-corrected chi connectivity index (χ0v) is 24.4. The summed E-state index contributed by atoms with van der Waals surface area (Å²) in [5.74, 6) is 1.97. The summed E-state index contributed by atoms with van der Waals surface area (Å²) >= 11 is 0. The van der Waals surface area contributed by atoms with E-state index in [-0.39, 0.29) is 0 Å². The van der Waals surface area contributed by atoms with E-state index in [1.54, 1.807) is 0 Å². The summed E-state index contributed by atoms with van der Waals surface area (Å²) in [6, 6.07) is 36.1. The molecule has 0 aliphatic rings. The number of benzene rings is 4. The zero-order valence-electron chi connectivity index (χ0n) is 24.4. The molecule has 0 atom stereocenters. The van der Waals surface area contributed by atoms with E-state index in [1.807, 2.05) is 0 Å². The van der Waals surface area contributed by atoms with Gasteiger partial charge in [-0.05, 0) is 94.5 Å². The van der Waals surface area contributed by atoms with Crippen LogP contribution in [0.15, 0.2) is 97.1 Å². The van der Waals surface area contributed by atoms with Gasteiger partial charge in [-0.2, -0.15) is 0 Å². The molecule has 0 radical (unpaired) electrons. The molecule has 2 heteroatoms. The van der Waals surface area contributed by atoms with Crippen LogP contribution >= 0.6 is 0 Å². The third kappa shape index (κ3) is 6.13. The fourth-order valence-electron chi connectivity index (χ4n) is 4.76. The zero-order chi connectivity index (χ0) is 27.4. The van der Waals surface area contributed by atoms with Crippen molar-refractivity contribution in [2.24, 2.45) is 0 Å². The highest BCUT2D eigenvalue weighted by molar-refractivity contribution is 5.77. The molecule has 0 unspecified atom stereocenters.